The molecule has 0 aliphatic rings. The smallest absolute Gasteiger partial charge is 0.251 e. The first-order valence-electron chi connectivity index (χ1n) is 11.9. The number of para-hydroxylation sites is 3. The molecule has 0 radical (unpaired) electrons. The minimum absolute atomic E-state index is 0.101. The van der Waals surface area contributed by atoms with Crippen molar-refractivity contribution >= 4 is 28.5 Å². The molecule has 1 heterocycles. The zero-order valence-corrected chi connectivity index (χ0v) is 20.6. The topological polar surface area (TPSA) is 65.4 Å². The number of unbranched alkanes of at least 4 members (excludes halogenated alkanes) is 1. The molecule has 0 bridgehead atoms. The van der Waals surface area contributed by atoms with Gasteiger partial charge in [-0.1, -0.05) is 41.9 Å². The van der Waals surface area contributed by atoms with Crippen molar-refractivity contribution in [3.05, 3.63) is 89.2 Å². The van der Waals surface area contributed by atoms with E-state index in [9.17, 15) is 4.79 Å². The Hall–Kier alpha value is -3.51. The van der Waals surface area contributed by atoms with Gasteiger partial charge >= 0.3 is 0 Å². The summed E-state index contributed by atoms with van der Waals surface area (Å²) in [7, 11) is 1.59. The minimum Gasteiger partial charge on any atom is -0.497 e. The number of amides is 1. The van der Waals surface area contributed by atoms with E-state index in [1.54, 1.807) is 19.2 Å². The average Bonchev–Trinajstić information content (AvgIpc) is 3.24. The molecule has 0 aliphatic carbocycles. The molecule has 1 N–H and O–H groups in total. The van der Waals surface area contributed by atoms with Crippen molar-refractivity contribution in [2.45, 2.75) is 32.2 Å². The average molecular weight is 492 g/mol. The van der Waals surface area contributed by atoms with Crippen molar-refractivity contribution in [3.8, 4) is 11.5 Å². The summed E-state index contributed by atoms with van der Waals surface area (Å²) in [4.78, 5) is 17.3. The Balaban J connectivity index is 1.29. The summed E-state index contributed by atoms with van der Waals surface area (Å²) in [5.41, 5.74) is 2.72. The van der Waals surface area contributed by atoms with Crippen LogP contribution in [0.25, 0.3) is 11.0 Å². The molecule has 0 saturated carbocycles. The lowest BCUT2D eigenvalue weighted by Gasteiger charge is -2.11. The quantitative estimate of drug-likeness (QED) is 0.250. The molecule has 1 amide bonds. The first-order chi connectivity index (χ1) is 17.2. The van der Waals surface area contributed by atoms with Gasteiger partial charge in [-0.3, -0.25) is 4.79 Å². The zero-order chi connectivity index (χ0) is 24.5. The third-order valence-corrected chi connectivity index (χ3v) is 6.11. The van der Waals surface area contributed by atoms with Gasteiger partial charge in [-0.15, -0.1) is 0 Å². The molecule has 0 aliphatic heterocycles. The molecule has 35 heavy (non-hydrogen) atoms. The number of hydrogen-bond donors (Lipinski definition) is 1. The van der Waals surface area contributed by atoms with E-state index in [0.29, 0.717) is 29.5 Å². The van der Waals surface area contributed by atoms with Crippen LogP contribution in [0.2, 0.25) is 5.02 Å². The second-order valence-corrected chi connectivity index (χ2v) is 8.65. The molecule has 7 heteroatoms. The lowest BCUT2D eigenvalue weighted by atomic mass is 10.2. The maximum Gasteiger partial charge on any atom is 0.251 e. The van der Waals surface area contributed by atoms with E-state index in [2.05, 4.69) is 16.0 Å². The summed E-state index contributed by atoms with van der Waals surface area (Å²) in [6, 6.07) is 22.9. The molecular weight excluding hydrogens is 462 g/mol. The van der Waals surface area contributed by atoms with E-state index < -0.39 is 0 Å². The van der Waals surface area contributed by atoms with Crippen LogP contribution in [0, 0.1) is 0 Å². The lowest BCUT2D eigenvalue weighted by molar-refractivity contribution is 0.0952. The Morgan fingerprint density at radius 1 is 1.00 bits per heavy atom. The summed E-state index contributed by atoms with van der Waals surface area (Å²) < 4.78 is 13.3. The molecule has 6 nitrogen and oxygen atoms in total. The number of benzene rings is 3. The van der Waals surface area contributed by atoms with Crippen LogP contribution in [0.5, 0.6) is 11.5 Å². The number of ether oxygens (including phenoxy) is 2. The van der Waals surface area contributed by atoms with Gasteiger partial charge < -0.3 is 19.4 Å². The standard InChI is InChI=1S/C28H30ClN3O3/c1-34-22-11-8-10-21(20-22)28(33)30-17-9-16-27-31-24-13-3-4-14-25(24)32(27)18-6-7-19-35-26-15-5-2-12-23(26)29/h2-5,8,10-15,20H,6-7,9,16-19H2,1H3,(H,30,33). The Morgan fingerprint density at radius 3 is 2.69 bits per heavy atom. The lowest BCUT2D eigenvalue weighted by Crippen LogP contribution is -2.25. The van der Waals surface area contributed by atoms with Gasteiger partial charge in [0.2, 0.25) is 0 Å². The summed E-state index contributed by atoms with van der Waals surface area (Å²) in [5, 5.41) is 3.63. The van der Waals surface area contributed by atoms with Crippen LogP contribution in [0.1, 0.15) is 35.4 Å². The number of aryl methyl sites for hydroxylation is 2. The van der Waals surface area contributed by atoms with Gasteiger partial charge in [0.25, 0.3) is 5.91 Å². The predicted molar refractivity (Wildman–Crippen MR) is 140 cm³/mol. The van der Waals surface area contributed by atoms with Crippen LogP contribution in [0.4, 0.5) is 0 Å². The molecule has 0 unspecified atom stereocenters. The minimum atomic E-state index is -0.101. The number of carbonyl (C=O) groups excluding carboxylic acids is 1. The summed E-state index contributed by atoms with van der Waals surface area (Å²) in [6.07, 6.45) is 3.45. The first-order valence-corrected chi connectivity index (χ1v) is 12.3. The number of fused-ring (bicyclic) bond motifs is 1. The molecule has 0 saturated heterocycles. The fourth-order valence-electron chi connectivity index (χ4n) is 4.00. The molecule has 182 valence electrons. The number of methoxy groups -OCH3 is 1. The van der Waals surface area contributed by atoms with Crippen LogP contribution >= 0.6 is 11.6 Å². The highest BCUT2D eigenvalue weighted by Gasteiger charge is 2.11. The summed E-state index contributed by atoms with van der Waals surface area (Å²) >= 11 is 6.16. The summed E-state index contributed by atoms with van der Waals surface area (Å²) in [5.74, 6) is 2.33. The van der Waals surface area contributed by atoms with Crippen molar-refractivity contribution in [1.82, 2.24) is 14.9 Å². The van der Waals surface area contributed by atoms with E-state index in [-0.39, 0.29) is 5.91 Å². The number of nitrogens with zero attached hydrogens (tertiary/aromatic N) is 2. The third-order valence-electron chi connectivity index (χ3n) is 5.80. The monoisotopic (exact) mass is 491 g/mol. The molecular formula is C28H30ClN3O3. The molecule has 3 aromatic carbocycles. The maximum absolute atomic E-state index is 12.5. The summed E-state index contributed by atoms with van der Waals surface area (Å²) in [6.45, 7) is 2.05. The van der Waals surface area contributed by atoms with E-state index in [0.717, 1.165) is 54.8 Å². The highest BCUT2D eigenvalue weighted by Crippen LogP contribution is 2.23. The van der Waals surface area contributed by atoms with Gasteiger partial charge in [-0.05, 0) is 61.7 Å². The number of halogens is 1. The number of nitrogens with one attached hydrogen (secondary N) is 1. The number of carbonyl (C=O) groups is 1. The van der Waals surface area contributed by atoms with Crippen LogP contribution < -0.4 is 14.8 Å². The largest absolute Gasteiger partial charge is 0.497 e. The van der Waals surface area contributed by atoms with Crippen molar-refractivity contribution in [2.75, 3.05) is 20.3 Å². The normalized spacial score (nSPS) is 10.9. The highest BCUT2D eigenvalue weighted by molar-refractivity contribution is 6.32. The maximum atomic E-state index is 12.5. The Labute approximate surface area is 210 Å². The van der Waals surface area contributed by atoms with Crippen molar-refractivity contribution in [3.63, 3.8) is 0 Å². The van der Waals surface area contributed by atoms with Crippen LogP contribution in [-0.4, -0.2) is 35.7 Å². The van der Waals surface area contributed by atoms with Gasteiger partial charge in [0, 0.05) is 25.1 Å². The molecule has 4 aromatic rings. The van der Waals surface area contributed by atoms with Crippen LogP contribution in [-0.2, 0) is 13.0 Å². The van der Waals surface area contributed by atoms with Gasteiger partial charge in [0.05, 0.1) is 29.8 Å². The van der Waals surface area contributed by atoms with E-state index >= 15 is 0 Å². The second-order valence-electron chi connectivity index (χ2n) is 8.25. The number of rotatable bonds is 12. The Bertz CT molecular complexity index is 1270. The van der Waals surface area contributed by atoms with Crippen LogP contribution in [0.3, 0.4) is 0 Å². The fraction of sp³-hybridized carbons (Fsp3) is 0.286. The third kappa shape index (κ3) is 6.55. The number of aromatic nitrogens is 2. The van der Waals surface area contributed by atoms with Crippen molar-refractivity contribution in [1.29, 1.82) is 0 Å². The van der Waals surface area contributed by atoms with Crippen molar-refractivity contribution < 1.29 is 14.3 Å². The van der Waals surface area contributed by atoms with Crippen LogP contribution in [0.15, 0.2) is 72.8 Å². The number of hydrogen-bond acceptors (Lipinski definition) is 4. The zero-order valence-electron chi connectivity index (χ0n) is 19.9. The molecule has 0 spiro atoms. The fourth-order valence-corrected chi connectivity index (χ4v) is 4.19. The van der Waals surface area contributed by atoms with Gasteiger partial charge in [0.1, 0.15) is 17.3 Å². The molecule has 0 fully saturated rings. The van der Waals surface area contributed by atoms with Gasteiger partial charge in [0.15, 0.2) is 0 Å². The number of imidazole rings is 1. The highest BCUT2D eigenvalue weighted by atomic mass is 35.5. The Kier molecular flexibility index (Phi) is 8.63. The second kappa shape index (κ2) is 12.3. The van der Waals surface area contributed by atoms with E-state index in [1.807, 2.05) is 54.6 Å². The molecule has 1 aromatic heterocycles. The predicted octanol–water partition coefficient (Wildman–Crippen LogP) is 5.92. The van der Waals surface area contributed by atoms with Gasteiger partial charge in [-0.25, -0.2) is 4.98 Å². The Morgan fingerprint density at radius 2 is 1.83 bits per heavy atom. The van der Waals surface area contributed by atoms with E-state index in [4.69, 9.17) is 26.1 Å². The molecule has 4 rings (SSSR count). The van der Waals surface area contributed by atoms with E-state index in [1.165, 1.54) is 0 Å². The SMILES string of the molecule is COc1cccc(C(=O)NCCCc2nc3ccccc3n2CCCCOc2ccccc2Cl)c1. The van der Waals surface area contributed by atoms with Gasteiger partial charge in [-0.2, -0.15) is 0 Å². The molecule has 0 atom stereocenters. The first kappa shape index (κ1) is 24.6. The van der Waals surface area contributed by atoms with Crippen molar-refractivity contribution in [2.24, 2.45) is 0 Å².